The molecule has 3 atom stereocenters. The van der Waals surface area contributed by atoms with Crippen LogP contribution in [0, 0.1) is 5.92 Å². The van der Waals surface area contributed by atoms with Crippen LogP contribution in [0.5, 0.6) is 0 Å². The summed E-state index contributed by atoms with van der Waals surface area (Å²) in [4.78, 5) is 7.12. The summed E-state index contributed by atoms with van der Waals surface area (Å²) in [6.45, 7) is 25.0. The van der Waals surface area contributed by atoms with Gasteiger partial charge in [-0.3, -0.25) is 0 Å². The number of fused-ring (bicyclic) bond motifs is 5. The summed E-state index contributed by atoms with van der Waals surface area (Å²) >= 11 is 0. The van der Waals surface area contributed by atoms with E-state index in [2.05, 4.69) is 598 Å². The number of allylic oxidation sites excluding steroid dienone is 12. The van der Waals surface area contributed by atoms with Gasteiger partial charge in [0.05, 0.1) is 0 Å². The third-order valence-corrected chi connectivity index (χ3v) is 27.9. The van der Waals surface area contributed by atoms with Crippen molar-refractivity contribution in [2.24, 2.45) is 5.92 Å². The van der Waals surface area contributed by atoms with Gasteiger partial charge in [-0.1, -0.05) is 486 Å². The number of hydrogen-bond donors (Lipinski definition) is 0. The topological polar surface area (TPSA) is 9.72 Å². The van der Waals surface area contributed by atoms with Crippen molar-refractivity contribution in [1.29, 1.82) is 0 Å². The molecular weight excluding hydrogens is 1750 g/mol. The number of rotatable bonds is 27. The largest absolute Gasteiger partial charge is 0.321 e. The Balaban J connectivity index is 0.000000143. The highest BCUT2D eigenvalue weighted by Gasteiger charge is 2.25. The zero-order valence-corrected chi connectivity index (χ0v) is 83.8. The van der Waals surface area contributed by atoms with Crippen LogP contribution < -0.4 is 46.0 Å². The number of anilines is 3. The molecule has 0 fully saturated rings. The third-order valence-electron chi connectivity index (χ3n) is 27.9. The summed E-state index contributed by atoms with van der Waals surface area (Å²) in [6.07, 6.45) is 39.3. The first-order valence-electron chi connectivity index (χ1n) is 50.6. The predicted molar refractivity (Wildman–Crippen MR) is 630 cm³/mol. The molecule has 3 heteroatoms. The minimum Gasteiger partial charge on any atom is -0.321 e. The maximum atomic E-state index is 4.17. The molecule has 3 nitrogen and oxygen atoms in total. The van der Waals surface area contributed by atoms with E-state index in [0.717, 1.165) is 42.0 Å². The second-order valence-corrected chi connectivity index (χ2v) is 36.7. The molecule has 0 saturated heterocycles. The zero-order chi connectivity index (χ0) is 99.6. The molecule has 0 aliphatic heterocycles. The third kappa shape index (κ3) is 22.6. The Morgan fingerprint density at radius 3 is 1.23 bits per heavy atom. The summed E-state index contributed by atoms with van der Waals surface area (Å²) < 4.78 is 0. The average molecular weight is 1870 g/mol. The Kier molecular flexibility index (Phi) is 32.1. The van der Waals surface area contributed by atoms with Crippen molar-refractivity contribution in [3.8, 4) is 77.9 Å². The second-order valence-electron chi connectivity index (χ2n) is 36.7. The lowest BCUT2D eigenvalue weighted by Gasteiger charge is -2.30. The normalized spacial score (nSPS) is 13.9. The molecule has 0 bridgehead atoms. The van der Waals surface area contributed by atoms with Gasteiger partial charge in [0, 0.05) is 79.7 Å². The summed E-state index contributed by atoms with van der Waals surface area (Å²) in [7, 11) is 0. The van der Waals surface area contributed by atoms with Crippen molar-refractivity contribution in [1.82, 2.24) is 0 Å². The summed E-state index contributed by atoms with van der Waals surface area (Å²) in [5.41, 5.74) is 27.7. The molecule has 0 N–H and O–H groups in total. The monoisotopic (exact) mass is 1870 g/mol. The van der Waals surface area contributed by atoms with E-state index >= 15 is 0 Å². The van der Waals surface area contributed by atoms with Crippen molar-refractivity contribution in [3.05, 3.63) is 596 Å². The van der Waals surface area contributed by atoms with Crippen molar-refractivity contribution in [2.45, 2.75) is 72.6 Å². The van der Waals surface area contributed by atoms with Gasteiger partial charge in [-0.05, 0) is 269 Å². The van der Waals surface area contributed by atoms with Gasteiger partial charge in [0.15, 0.2) is 0 Å². The Morgan fingerprint density at radius 2 is 0.717 bits per heavy atom. The van der Waals surface area contributed by atoms with E-state index in [0.29, 0.717) is 5.92 Å². The molecule has 20 rings (SSSR count). The van der Waals surface area contributed by atoms with Gasteiger partial charge < -0.3 is 14.7 Å². The van der Waals surface area contributed by atoms with Crippen molar-refractivity contribution < 1.29 is 0 Å². The Morgan fingerprint density at radius 1 is 0.317 bits per heavy atom. The fourth-order valence-electron chi connectivity index (χ4n) is 20.3. The molecule has 0 spiro atoms. The quantitative estimate of drug-likeness (QED) is 0.0220. The summed E-state index contributed by atoms with van der Waals surface area (Å²) in [5.74, 6) is 0.824. The SMILES string of the molecule is C/C=c1/cccc/c1=C(/C)N(C1=CCC(c2ccccc2)C=C1)c1ccc(-c2ccc(-c3ccccc3)cc2)c(-c2ccccc2)c1.C=C/C=C\C=C\C(C=C)C/C=C/N(/C(C)=c1\cccc\c1=C\C)c1ccc(-c2cc3ccccc3c3ccccc23)c(-c2ccccc2)c1.C=CC(C/C=C/N(/C(C)=c1\cccc\c1=C\C)c1ccc(-c2c3ccccc3cc3ccccc23)c(-c2ccccc2)c1)c1ccccc1. The number of benzene rings is 19. The van der Waals surface area contributed by atoms with E-state index in [1.54, 1.807) is 6.08 Å². The average Bonchev–Trinajstić information content (AvgIpc) is 0.748. The van der Waals surface area contributed by atoms with E-state index in [4.69, 9.17) is 0 Å². The van der Waals surface area contributed by atoms with E-state index < -0.39 is 0 Å². The molecular formula is C142H123N3. The molecule has 1 aliphatic carbocycles. The summed E-state index contributed by atoms with van der Waals surface area (Å²) in [5, 5.41) is 17.4. The van der Waals surface area contributed by atoms with Gasteiger partial charge in [-0.15, -0.1) is 13.2 Å². The van der Waals surface area contributed by atoms with E-state index in [-0.39, 0.29) is 11.8 Å². The van der Waals surface area contributed by atoms with Gasteiger partial charge in [-0.2, -0.15) is 0 Å². The van der Waals surface area contributed by atoms with Crippen molar-refractivity contribution >= 4 is 95.5 Å². The lowest BCUT2D eigenvalue weighted by Crippen LogP contribution is -2.33. The standard InChI is InChI=1S/C48H41N.C48H43N.C46H39N/c1-4-36(38-20-8-6-9-21-38)26-18-32-49(35(3)43-27-15-12-19-37(43)5-2)42-30-31-46(47(34-42)39-22-10-7-11-23-39)48-44-28-16-13-24-40(44)33-41-25-14-17-29-45(41)48;1-5-8-9-11-21-37(6-2)22-20-33-49(36(4)42-27-16-14-23-38(42)7-3)41-31-32-46(47(35-41)39-24-12-10-13-25-39)48-34-40-26-15-17-28-43(40)44-29-18-19-30-45(44)48;1-3-35-15-13-14-22-44(35)34(2)47(42-29-27-39(28-30-42)37-18-9-5-10-19-37)43-31-32-45(46(33-43)40-20-11-6-12-21-40)41-25-23-38(24-26-41)36-16-7-4-8-17-36/h4-25,27-34,36H,1,26H2,2-3H3;5-21,23-35,37H,1-2,22H2,3-4H3;3-27,29-33,39H,28H2,1-2H3/b32-18+,37-5-,43-35+;9-8-,21-11+,33-20+,38-7-,42-36+;35-3-,44-34+. The first kappa shape index (κ1) is 97.7. The second kappa shape index (κ2) is 47.6. The molecule has 0 heterocycles. The minimum absolute atomic E-state index is 0.215. The molecule has 0 radical (unpaired) electrons. The van der Waals surface area contributed by atoms with Crippen LogP contribution in [0.4, 0.5) is 17.1 Å². The van der Waals surface area contributed by atoms with Crippen LogP contribution in [0.3, 0.4) is 0 Å². The highest BCUT2D eigenvalue weighted by Crippen LogP contribution is 2.47. The Bertz CT molecular complexity index is 8400. The van der Waals surface area contributed by atoms with Gasteiger partial charge >= 0.3 is 0 Å². The van der Waals surface area contributed by atoms with Crippen LogP contribution in [0.15, 0.2) is 554 Å². The number of hydrogen-bond acceptors (Lipinski definition) is 3. The summed E-state index contributed by atoms with van der Waals surface area (Å²) in [6, 6.07) is 160. The van der Waals surface area contributed by atoms with Gasteiger partial charge in [0.2, 0.25) is 0 Å². The van der Waals surface area contributed by atoms with Gasteiger partial charge in [0.25, 0.3) is 0 Å². The van der Waals surface area contributed by atoms with Crippen LogP contribution in [-0.4, -0.2) is 0 Å². The Hall–Kier alpha value is -17.5. The minimum atomic E-state index is 0.215. The van der Waals surface area contributed by atoms with Crippen LogP contribution >= 0.6 is 0 Å². The van der Waals surface area contributed by atoms with Crippen LogP contribution in [0.2, 0.25) is 0 Å². The number of nitrogens with zero attached hydrogens (tertiary/aromatic N) is 3. The smallest absolute Gasteiger partial charge is 0.0464 e. The van der Waals surface area contributed by atoms with Crippen molar-refractivity contribution in [2.75, 3.05) is 14.7 Å². The fraction of sp³-hybridized carbons (Fsp3) is 0.0845. The van der Waals surface area contributed by atoms with E-state index in [1.165, 1.54) is 181 Å². The maximum absolute atomic E-state index is 4.17. The van der Waals surface area contributed by atoms with Gasteiger partial charge in [0.1, 0.15) is 0 Å². The highest BCUT2D eigenvalue weighted by atomic mass is 15.2. The Labute approximate surface area is 856 Å². The maximum Gasteiger partial charge on any atom is 0.0464 e. The molecule has 0 amide bonds. The lowest BCUT2D eigenvalue weighted by molar-refractivity contribution is 0.832. The molecule has 706 valence electrons. The molecule has 19 aromatic carbocycles. The lowest BCUT2D eigenvalue weighted by atomic mass is 9.87. The van der Waals surface area contributed by atoms with Crippen molar-refractivity contribution in [3.63, 3.8) is 0 Å². The first-order valence-corrected chi connectivity index (χ1v) is 50.6. The first-order chi connectivity index (χ1) is 71.5. The molecule has 0 aromatic heterocycles. The van der Waals surface area contributed by atoms with E-state index in [9.17, 15) is 0 Å². The van der Waals surface area contributed by atoms with Gasteiger partial charge in [-0.25, -0.2) is 0 Å². The van der Waals surface area contributed by atoms with Crippen LogP contribution in [0.1, 0.15) is 83.8 Å². The van der Waals surface area contributed by atoms with E-state index in [1.807, 2.05) is 18.2 Å². The molecule has 1 aliphatic rings. The molecule has 3 unspecified atom stereocenters. The van der Waals surface area contributed by atoms with Crippen LogP contribution in [-0.2, 0) is 0 Å². The highest BCUT2D eigenvalue weighted by molar-refractivity contribution is 6.16. The fourth-order valence-corrected chi connectivity index (χ4v) is 20.3. The molecule has 19 aromatic rings. The predicted octanol–water partition coefficient (Wildman–Crippen LogP) is 34.2. The van der Waals surface area contributed by atoms with Crippen LogP contribution in [0.25, 0.3) is 156 Å². The molecule has 0 saturated carbocycles. The molecule has 145 heavy (non-hydrogen) atoms. The zero-order valence-electron chi connectivity index (χ0n) is 83.8.